The minimum absolute atomic E-state index is 0.165. The molecule has 18 heavy (non-hydrogen) atoms. The fourth-order valence-electron chi connectivity index (χ4n) is 1.56. The van der Waals surface area contributed by atoms with Gasteiger partial charge in [0, 0.05) is 13.7 Å². The zero-order valence-corrected chi connectivity index (χ0v) is 10.4. The fraction of sp³-hybridized carbons (Fsp3) is 0.600. The van der Waals surface area contributed by atoms with Crippen molar-refractivity contribution in [2.24, 2.45) is 5.73 Å². The molecule has 2 rings (SSSR count). The van der Waals surface area contributed by atoms with Gasteiger partial charge in [-0.3, -0.25) is 4.68 Å². The van der Waals surface area contributed by atoms with E-state index in [4.69, 9.17) is 15.0 Å². The van der Waals surface area contributed by atoms with E-state index in [-0.39, 0.29) is 6.10 Å². The molecule has 1 atom stereocenters. The highest BCUT2D eigenvalue weighted by Gasteiger charge is 2.18. The van der Waals surface area contributed by atoms with Gasteiger partial charge >= 0.3 is 0 Å². The van der Waals surface area contributed by atoms with Crippen LogP contribution in [-0.4, -0.2) is 38.8 Å². The lowest BCUT2D eigenvalue weighted by atomic mass is 10.2. The Morgan fingerprint density at radius 3 is 3.06 bits per heavy atom. The van der Waals surface area contributed by atoms with Gasteiger partial charge in [-0.1, -0.05) is 17.3 Å². The van der Waals surface area contributed by atoms with E-state index >= 15 is 0 Å². The second-order valence-electron chi connectivity index (χ2n) is 3.75. The van der Waals surface area contributed by atoms with Crippen LogP contribution in [0.4, 0.5) is 0 Å². The summed E-state index contributed by atoms with van der Waals surface area (Å²) in [6, 6.07) is 0. The molecule has 0 aromatic carbocycles. The molecule has 0 spiro atoms. The summed E-state index contributed by atoms with van der Waals surface area (Å²) in [6.45, 7) is 3.09. The van der Waals surface area contributed by atoms with E-state index in [1.165, 1.54) is 0 Å². The van der Waals surface area contributed by atoms with Crippen molar-refractivity contribution in [1.82, 2.24) is 25.1 Å². The number of nitrogens with two attached hydrogens (primary N) is 1. The average Bonchev–Trinajstić information content (AvgIpc) is 3.00. The van der Waals surface area contributed by atoms with Crippen LogP contribution in [-0.2, 0) is 11.3 Å². The van der Waals surface area contributed by atoms with Gasteiger partial charge in [0.2, 0.25) is 5.82 Å². The molecule has 98 valence electrons. The molecule has 0 saturated carbocycles. The van der Waals surface area contributed by atoms with Crippen molar-refractivity contribution in [3.05, 3.63) is 12.0 Å². The summed E-state index contributed by atoms with van der Waals surface area (Å²) < 4.78 is 12.0. The Morgan fingerprint density at radius 2 is 2.39 bits per heavy atom. The van der Waals surface area contributed by atoms with Gasteiger partial charge in [0.1, 0.15) is 6.10 Å². The van der Waals surface area contributed by atoms with Crippen LogP contribution in [0.5, 0.6) is 0 Å². The van der Waals surface area contributed by atoms with E-state index in [0.29, 0.717) is 30.5 Å². The highest BCUT2D eigenvalue weighted by atomic mass is 16.5. The Hall–Kier alpha value is -1.80. The summed E-state index contributed by atoms with van der Waals surface area (Å²) in [4.78, 5) is 4.25. The first-order valence-corrected chi connectivity index (χ1v) is 5.75. The second kappa shape index (κ2) is 5.69. The molecule has 8 heteroatoms. The maximum Gasteiger partial charge on any atom is 0.280 e. The van der Waals surface area contributed by atoms with E-state index < -0.39 is 0 Å². The number of ether oxygens (including phenoxy) is 1. The third-order valence-electron chi connectivity index (χ3n) is 2.50. The number of aromatic nitrogens is 5. The van der Waals surface area contributed by atoms with Crippen molar-refractivity contribution in [2.45, 2.75) is 26.0 Å². The normalized spacial score (nSPS) is 12.8. The molecule has 0 bridgehead atoms. The number of rotatable bonds is 6. The van der Waals surface area contributed by atoms with Crippen LogP contribution < -0.4 is 5.73 Å². The van der Waals surface area contributed by atoms with E-state index in [2.05, 4.69) is 20.5 Å². The van der Waals surface area contributed by atoms with Gasteiger partial charge in [-0.05, 0) is 6.42 Å². The van der Waals surface area contributed by atoms with Crippen LogP contribution in [0.1, 0.15) is 25.3 Å². The van der Waals surface area contributed by atoms with Gasteiger partial charge in [0.25, 0.3) is 5.89 Å². The Morgan fingerprint density at radius 1 is 1.56 bits per heavy atom. The van der Waals surface area contributed by atoms with Gasteiger partial charge in [-0.25, -0.2) is 0 Å². The zero-order valence-electron chi connectivity index (χ0n) is 10.4. The standard InChI is InChI=1S/C10H16N6O2/c1-3-8(17-2)9-12-10(18-14-9)7-6-16(5-4-11)15-13-7/h6,8H,3-5,11H2,1-2H3. The molecule has 8 nitrogen and oxygen atoms in total. The van der Waals surface area contributed by atoms with Crippen molar-refractivity contribution in [2.75, 3.05) is 13.7 Å². The summed E-state index contributed by atoms with van der Waals surface area (Å²) in [5, 5.41) is 11.7. The SMILES string of the molecule is CCC(OC)c1noc(-c2cn(CCN)nn2)n1. The summed E-state index contributed by atoms with van der Waals surface area (Å²) in [5.74, 6) is 0.854. The molecule has 2 aromatic rings. The zero-order chi connectivity index (χ0) is 13.0. The quantitative estimate of drug-likeness (QED) is 0.792. The van der Waals surface area contributed by atoms with E-state index in [1.807, 2.05) is 6.92 Å². The van der Waals surface area contributed by atoms with Crippen LogP contribution in [0, 0.1) is 0 Å². The highest BCUT2D eigenvalue weighted by Crippen LogP contribution is 2.20. The lowest BCUT2D eigenvalue weighted by Gasteiger charge is -2.05. The second-order valence-corrected chi connectivity index (χ2v) is 3.75. The number of hydrogen-bond acceptors (Lipinski definition) is 7. The maximum atomic E-state index is 5.43. The van der Waals surface area contributed by atoms with Crippen LogP contribution in [0.3, 0.4) is 0 Å². The summed E-state index contributed by atoms with van der Waals surface area (Å²) in [6.07, 6.45) is 2.33. The molecule has 0 aliphatic heterocycles. The van der Waals surface area contributed by atoms with Gasteiger partial charge in [-0.15, -0.1) is 5.10 Å². The first-order chi connectivity index (χ1) is 8.78. The van der Waals surface area contributed by atoms with Gasteiger partial charge in [0.15, 0.2) is 5.69 Å². The molecule has 2 N–H and O–H groups in total. The number of methoxy groups -OCH3 is 1. The first-order valence-electron chi connectivity index (χ1n) is 5.75. The molecule has 0 aliphatic rings. The maximum absolute atomic E-state index is 5.43. The predicted octanol–water partition coefficient (Wildman–Crippen LogP) is 0.384. The average molecular weight is 252 g/mol. The molecular weight excluding hydrogens is 236 g/mol. The Labute approximate surface area is 104 Å². The highest BCUT2D eigenvalue weighted by molar-refractivity contribution is 5.43. The number of hydrogen-bond donors (Lipinski definition) is 1. The van der Waals surface area contributed by atoms with Crippen molar-refractivity contribution in [3.63, 3.8) is 0 Å². The third-order valence-corrected chi connectivity index (χ3v) is 2.50. The molecule has 0 fully saturated rings. The largest absolute Gasteiger partial charge is 0.373 e. The van der Waals surface area contributed by atoms with E-state index in [9.17, 15) is 0 Å². The number of nitrogens with zero attached hydrogens (tertiary/aromatic N) is 5. The van der Waals surface area contributed by atoms with Gasteiger partial charge < -0.3 is 15.0 Å². The lowest BCUT2D eigenvalue weighted by Crippen LogP contribution is -2.10. The first kappa shape index (κ1) is 12.7. The van der Waals surface area contributed by atoms with E-state index in [1.54, 1.807) is 18.0 Å². The molecule has 0 saturated heterocycles. The van der Waals surface area contributed by atoms with Gasteiger partial charge in [-0.2, -0.15) is 4.98 Å². The molecule has 2 heterocycles. The van der Waals surface area contributed by atoms with Crippen molar-refractivity contribution in [1.29, 1.82) is 0 Å². The molecule has 0 aliphatic carbocycles. The van der Waals surface area contributed by atoms with Crippen LogP contribution in [0.25, 0.3) is 11.6 Å². The smallest absolute Gasteiger partial charge is 0.280 e. The topological polar surface area (TPSA) is 105 Å². The minimum Gasteiger partial charge on any atom is -0.373 e. The minimum atomic E-state index is -0.165. The molecule has 0 radical (unpaired) electrons. The van der Waals surface area contributed by atoms with E-state index in [0.717, 1.165) is 6.42 Å². The molecule has 0 amide bonds. The van der Waals surface area contributed by atoms with Crippen LogP contribution in [0.2, 0.25) is 0 Å². The molecular formula is C10H16N6O2. The molecule has 1 unspecified atom stereocenters. The lowest BCUT2D eigenvalue weighted by molar-refractivity contribution is 0.0903. The molecule has 2 aromatic heterocycles. The summed E-state index contributed by atoms with van der Waals surface area (Å²) in [7, 11) is 1.61. The fourth-order valence-corrected chi connectivity index (χ4v) is 1.56. The van der Waals surface area contributed by atoms with Gasteiger partial charge in [0.05, 0.1) is 12.7 Å². The summed E-state index contributed by atoms with van der Waals surface area (Å²) >= 11 is 0. The van der Waals surface area contributed by atoms with Crippen LogP contribution >= 0.6 is 0 Å². The van der Waals surface area contributed by atoms with Crippen LogP contribution in [0.15, 0.2) is 10.7 Å². The monoisotopic (exact) mass is 252 g/mol. The Kier molecular flexibility index (Phi) is 4.00. The Bertz CT molecular complexity index is 490. The summed E-state index contributed by atoms with van der Waals surface area (Å²) in [5.41, 5.74) is 5.97. The predicted molar refractivity (Wildman–Crippen MR) is 62.4 cm³/mol. The Balaban J connectivity index is 2.17. The third kappa shape index (κ3) is 2.54. The van der Waals surface area contributed by atoms with Crippen molar-refractivity contribution in [3.8, 4) is 11.6 Å². The van der Waals surface area contributed by atoms with Crippen molar-refractivity contribution >= 4 is 0 Å². The van der Waals surface area contributed by atoms with Crippen molar-refractivity contribution < 1.29 is 9.26 Å².